The van der Waals surface area contributed by atoms with E-state index in [4.69, 9.17) is 14.7 Å². The highest BCUT2D eigenvalue weighted by molar-refractivity contribution is 7.93. The number of phenols is 1. The number of nitrogens with zero attached hydrogens (tertiary/aromatic N) is 4. The molecule has 8 rings (SSSR count). The number of hydrogen-bond donors (Lipinski definition) is 1. The van der Waals surface area contributed by atoms with E-state index in [-0.39, 0.29) is 29.5 Å². The molecule has 46 heavy (non-hydrogen) atoms. The Hall–Kier alpha value is -3.64. The Morgan fingerprint density at radius 2 is 1.80 bits per heavy atom. The lowest BCUT2D eigenvalue weighted by atomic mass is 9.91. The Balaban J connectivity index is 1.21. The Morgan fingerprint density at radius 1 is 0.978 bits per heavy atom. The number of hydrogen-bond acceptors (Lipinski definition) is 8. The van der Waals surface area contributed by atoms with E-state index in [1.54, 1.807) is 12.1 Å². The molecule has 2 atom stereocenters. The van der Waals surface area contributed by atoms with E-state index in [2.05, 4.69) is 9.80 Å². The Kier molecular flexibility index (Phi) is 6.92. The molecular formula is C34H35F3N4O4S. The van der Waals surface area contributed by atoms with E-state index in [0.717, 1.165) is 25.5 Å². The van der Waals surface area contributed by atoms with Crippen LogP contribution in [0.1, 0.15) is 44.9 Å². The fourth-order valence-electron chi connectivity index (χ4n) is 8.46. The molecular weight excluding hydrogens is 617 g/mol. The van der Waals surface area contributed by atoms with Crippen molar-refractivity contribution in [3.8, 4) is 22.9 Å². The van der Waals surface area contributed by atoms with E-state index < -0.39 is 37.9 Å². The Labute approximate surface area is 265 Å². The number of aromatic nitrogens is 2. The third kappa shape index (κ3) is 4.70. The summed E-state index contributed by atoms with van der Waals surface area (Å²) in [7, 11) is -3.16. The molecule has 1 N–H and O–H groups in total. The van der Waals surface area contributed by atoms with E-state index in [9.17, 15) is 22.3 Å². The third-order valence-electron chi connectivity index (χ3n) is 10.9. The van der Waals surface area contributed by atoms with E-state index in [1.807, 2.05) is 6.07 Å². The van der Waals surface area contributed by atoms with Gasteiger partial charge in [-0.2, -0.15) is 9.97 Å². The van der Waals surface area contributed by atoms with Gasteiger partial charge in [-0.25, -0.2) is 21.6 Å². The van der Waals surface area contributed by atoms with Crippen LogP contribution in [-0.4, -0.2) is 83.4 Å². The van der Waals surface area contributed by atoms with Crippen LogP contribution in [0.4, 0.5) is 19.0 Å². The van der Waals surface area contributed by atoms with E-state index in [1.165, 1.54) is 18.2 Å². The number of anilines is 1. The average Bonchev–Trinajstić information content (AvgIpc) is 3.66. The molecule has 0 amide bonds. The number of aromatic hydroxyl groups is 1. The SMILES string of the molecule is O=S1(=O)CCCC12CCN(c1nc(OC[C@@]34CCCN3C[C@H](F)C4)nc3cc(-c4cc(O)cc5ccc(F)c(F)c45)ccc13)CC2. The molecule has 0 aliphatic carbocycles. The maximum Gasteiger partial charge on any atom is 0.319 e. The fraction of sp³-hybridized carbons (Fsp3) is 0.471. The summed E-state index contributed by atoms with van der Waals surface area (Å²) >= 11 is 0. The highest BCUT2D eigenvalue weighted by atomic mass is 32.2. The molecule has 4 aliphatic heterocycles. The molecule has 4 saturated heterocycles. The van der Waals surface area contributed by atoms with Crippen LogP contribution in [0.2, 0.25) is 0 Å². The number of ether oxygens (including phenoxy) is 1. The first-order chi connectivity index (χ1) is 22.1. The summed E-state index contributed by atoms with van der Waals surface area (Å²) in [6.45, 7) is 2.44. The van der Waals surface area contributed by atoms with Crippen LogP contribution >= 0.6 is 0 Å². The van der Waals surface area contributed by atoms with Crippen molar-refractivity contribution >= 4 is 37.3 Å². The number of rotatable bonds is 5. The maximum atomic E-state index is 15.1. The summed E-state index contributed by atoms with van der Waals surface area (Å²) in [5, 5.41) is 11.6. The van der Waals surface area contributed by atoms with Crippen LogP contribution < -0.4 is 9.64 Å². The lowest BCUT2D eigenvalue weighted by Crippen LogP contribution is -2.47. The molecule has 1 spiro atoms. The van der Waals surface area contributed by atoms with Crippen LogP contribution in [0, 0.1) is 11.6 Å². The molecule has 4 aromatic rings. The summed E-state index contributed by atoms with van der Waals surface area (Å²) in [5.74, 6) is -1.25. The molecule has 3 aromatic carbocycles. The van der Waals surface area contributed by atoms with Gasteiger partial charge in [-0.05, 0) is 91.9 Å². The van der Waals surface area contributed by atoms with Gasteiger partial charge in [0.05, 0.1) is 21.6 Å². The second-order valence-corrected chi connectivity index (χ2v) is 16.0. The number of alkyl halides is 1. The molecule has 4 fully saturated rings. The molecule has 5 heterocycles. The molecule has 0 saturated carbocycles. The van der Waals surface area contributed by atoms with Crippen molar-refractivity contribution < 1.29 is 31.4 Å². The quantitative estimate of drug-likeness (QED) is 0.283. The van der Waals surface area contributed by atoms with Gasteiger partial charge in [-0.3, -0.25) is 4.90 Å². The number of fused-ring (bicyclic) bond motifs is 3. The van der Waals surface area contributed by atoms with Gasteiger partial charge in [0.15, 0.2) is 21.5 Å². The monoisotopic (exact) mass is 652 g/mol. The van der Waals surface area contributed by atoms with Gasteiger partial charge in [-0.15, -0.1) is 0 Å². The summed E-state index contributed by atoms with van der Waals surface area (Å²) in [6.07, 6.45) is 3.66. The van der Waals surface area contributed by atoms with Crippen LogP contribution in [-0.2, 0) is 9.84 Å². The third-order valence-corrected chi connectivity index (χ3v) is 13.6. The van der Waals surface area contributed by atoms with Crippen LogP contribution in [0.25, 0.3) is 32.8 Å². The van der Waals surface area contributed by atoms with Gasteiger partial charge in [0, 0.05) is 36.8 Å². The lowest BCUT2D eigenvalue weighted by molar-refractivity contribution is 0.107. The summed E-state index contributed by atoms with van der Waals surface area (Å²) in [4.78, 5) is 13.8. The van der Waals surface area contributed by atoms with Gasteiger partial charge >= 0.3 is 6.01 Å². The van der Waals surface area contributed by atoms with E-state index in [0.29, 0.717) is 85.0 Å². The molecule has 242 valence electrons. The van der Waals surface area contributed by atoms with Crippen molar-refractivity contribution in [1.82, 2.24) is 14.9 Å². The minimum Gasteiger partial charge on any atom is -0.508 e. The minimum atomic E-state index is -3.16. The largest absolute Gasteiger partial charge is 0.508 e. The molecule has 1 aromatic heterocycles. The number of piperidine rings is 1. The lowest BCUT2D eigenvalue weighted by Gasteiger charge is -2.39. The van der Waals surface area contributed by atoms with Crippen LogP contribution in [0.5, 0.6) is 11.8 Å². The van der Waals surface area contributed by atoms with Gasteiger partial charge in [-0.1, -0.05) is 12.1 Å². The highest BCUT2D eigenvalue weighted by Crippen LogP contribution is 2.44. The zero-order valence-corrected chi connectivity index (χ0v) is 26.1. The zero-order chi connectivity index (χ0) is 31.8. The predicted octanol–water partition coefficient (Wildman–Crippen LogP) is 5.94. The standard InChI is InChI=1S/C34H35F3N4O4S/c35-23-18-33(7-1-11-41(33)19-23)20-45-32-38-28-16-21(26-17-24(42)15-22-4-6-27(36)30(37)29(22)26)3-5-25(28)31(39-32)40-12-9-34(10-13-40)8-2-14-46(34,43)44/h3-6,15-17,23,42H,1-2,7-14,18-20H2/t23-,33+/m1/s1. The number of benzene rings is 3. The summed E-state index contributed by atoms with van der Waals surface area (Å²) in [5.41, 5.74) is 0.911. The minimum absolute atomic E-state index is 0.0458. The van der Waals surface area contributed by atoms with Gasteiger partial charge in [0.1, 0.15) is 24.3 Å². The second kappa shape index (κ2) is 10.7. The molecule has 0 bridgehead atoms. The Morgan fingerprint density at radius 3 is 2.59 bits per heavy atom. The Bertz CT molecular complexity index is 1980. The van der Waals surface area contributed by atoms with E-state index >= 15 is 4.39 Å². The van der Waals surface area contributed by atoms with Gasteiger partial charge in [0.2, 0.25) is 0 Å². The maximum absolute atomic E-state index is 15.1. The number of halogens is 3. The first-order valence-corrected chi connectivity index (χ1v) is 17.6. The zero-order valence-electron chi connectivity index (χ0n) is 25.3. The summed E-state index contributed by atoms with van der Waals surface area (Å²) in [6, 6.07) is 10.7. The molecule has 0 radical (unpaired) electrons. The van der Waals surface area contributed by atoms with Crippen molar-refractivity contribution in [3.05, 3.63) is 54.1 Å². The summed E-state index contributed by atoms with van der Waals surface area (Å²) < 4.78 is 75.4. The van der Waals surface area contributed by atoms with Gasteiger partial charge < -0.3 is 14.7 Å². The van der Waals surface area contributed by atoms with Crippen molar-refractivity contribution in [2.24, 2.45) is 0 Å². The number of sulfone groups is 1. The molecule has 12 heteroatoms. The predicted molar refractivity (Wildman–Crippen MR) is 170 cm³/mol. The first-order valence-electron chi connectivity index (χ1n) is 16.0. The molecule has 0 unspecified atom stereocenters. The number of phenolic OH excluding ortho intramolecular Hbond substituents is 1. The smallest absolute Gasteiger partial charge is 0.319 e. The van der Waals surface area contributed by atoms with Crippen molar-refractivity contribution in [2.45, 2.75) is 61.4 Å². The van der Waals surface area contributed by atoms with Crippen LogP contribution in [0.15, 0.2) is 42.5 Å². The second-order valence-electron chi connectivity index (χ2n) is 13.5. The topological polar surface area (TPSA) is 95.9 Å². The average molecular weight is 653 g/mol. The highest BCUT2D eigenvalue weighted by Gasteiger charge is 2.50. The molecule has 8 nitrogen and oxygen atoms in total. The van der Waals surface area contributed by atoms with Crippen molar-refractivity contribution in [2.75, 3.05) is 43.4 Å². The van der Waals surface area contributed by atoms with Crippen LogP contribution in [0.3, 0.4) is 0 Å². The first kappa shape index (κ1) is 29.7. The van der Waals surface area contributed by atoms with Crippen molar-refractivity contribution in [1.29, 1.82) is 0 Å². The molecule has 4 aliphatic rings. The van der Waals surface area contributed by atoms with Gasteiger partial charge in [0.25, 0.3) is 0 Å². The normalized spacial score (nSPS) is 25.5. The van der Waals surface area contributed by atoms with Crippen molar-refractivity contribution in [3.63, 3.8) is 0 Å². The fourth-order valence-corrected chi connectivity index (χ4v) is 10.7.